The highest BCUT2D eigenvalue weighted by Crippen LogP contribution is 2.74. The van der Waals surface area contributed by atoms with Gasteiger partial charge in [-0.15, -0.1) is 0 Å². The minimum atomic E-state index is -0.429. The number of aliphatic hydroxyl groups excluding tert-OH is 1. The Morgan fingerprint density at radius 1 is 1.27 bits per heavy atom. The van der Waals surface area contributed by atoms with E-state index < -0.39 is 5.54 Å². The van der Waals surface area contributed by atoms with Crippen molar-refractivity contribution >= 4 is 11.7 Å². The van der Waals surface area contributed by atoms with Crippen LogP contribution in [0.1, 0.15) is 37.7 Å². The predicted octanol–water partition coefficient (Wildman–Crippen LogP) is 1.90. The molecule has 5 nitrogen and oxygen atoms in total. The van der Waals surface area contributed by atoms with Crippen molar-refractivity contribution in [1.82, 2.24) is 4.90 Å². The molecule has 2 N–H and O–H groups in total. The number of methoxy groups -OCH3 is 1. The standard InChI is InChI=1S/C21H26N2O3/c1-26-17(25)14-11-19-7-4-9-23-10-8-20(18(19)23)13-5-2-3-6-15(13)22-21(14,20)12-16(19)24/h2-3,5-6,14,16,18,22,24H,4,7-12H2,1H3/t14-,16-,18-,19-,20+,21+/m0/s1. The Labute approximate surface area is 153 Å². The van der Waals surface area contributed by atoms with Gasteiger partial charge in [0.1, 0.15) is 0 Å². The van der Waals surface area contributed by atoms with E-state index in [4.69, 9.17) is 4.74 Å². The molecule has 2 saturated heterocycles. The first-order valence-electron chi connectivity index (χ1n) is 9.97. The van der Waals surface area contributed by atoms with Crippen molar-refractivity contribution in [3.05, 3.63) is 29.8 Å². The minimum absolute atomic E-state index is 0.0969. The zero-order chi connectivity index (χ0) is 17.7. The summed E-state index contributed by atoms with van der Waals surface area (Å²) in [5.41, 5.74) is 1.80. The summed E-state index contributed by atoms with van der Waals surface area (Å²) in [6.07, 6.45) is 4.21. The topological polar surface area (TPSA) is 61.8 Å². The molecule has 5 heteroatoms. The number of rotatable bonds is 1. The molecule has 3 aliphatic carbocycles. The van der Waals surface area contributed by atoms with E-state index in [-0.39, 0.29) is 28.8 Å². The number of ether oxygens (including phenoxy) is 1. The van der Waals surface area contributed by atoms with Crippen LogP contribution in [-0.4, -0.2) is 53.9 Å². The summed E-state index contributed by atoms with van der Waals surface area (Å²) in [6, 6.07) is 8.91. The lowest BCUT2D eigenvalue weighted by Gasteiger charge is -2.70. The first-order valence-corrected chi connectivity index (χ1v) is 9.97. The number of fused-ring (bicyclic) bond motifs is 3. The Balaban J connectivity index is 1.66. The molecule has 2 bridgehead atoms. The molecule has 6 atom stereocenters. The molecule has 7 rings (SSSR count). The number of nitrogens with zero attached hydrogens (tertiary/aromatic N) is 1. The summed E-state index contributed by atoms with van der Waals surface area (Å²) in [5, 5.41) is 15.1. The summed E-state index contributed by atoms with van der Waals surface area (Å²) in [7, 11) is 1.50. The third-order valence-corrected chi connectivity index (χ3v) is 8.66. The SMILES string of the molecule is COC(=O)[C@@H]1C[C@@]23CCCN4CC[C@@]5(c6ccccc6N[C@]15C[C@@H]2O)[C@@H]43. The van der Waals surface area contributed by atoms with Crippen LogP contribution in [0.3, 0.4) is 0 Å². The Bertz CT molecular complexity index is 812. The molecular weight excluding hydrogens is 328 g/mol. The van der Waals surface area contributed by atoms with Gasteiger partial charge in [0.25, 0.3) is 0 Å². The number of piperidine rings is 1. The summed E-state index contributed by atoms with van der Waals surface area (Å²) >= 11 is 0. The molecule has 0 amide bonds. The fraction of sp³-hybridized carbons (Fsp3) is 0.667. The Morgan fingerprint density at radius 2 is 2.12 bits per heavy atom. The second-order valence-corrected chi connectivity index (χ2v) is 9.14. The molecule has 0 unspecified atom stereocenters. The van der Waals surface area contributed by atoms with Gasteiger partial charge >= 0.3 is 5.97 Å². The third-order valence-electron chi connectivity index (χ3n) is 8.66. The monoisotopic (exact) mass is 354 g/mol. The lowest BCUT2D eigenvalue weighted by Crippen LogP contribution is -2.80. The number of carbonyl (C=O) groups excluding carboxylic acids is 1. The highest BCUT2D eigenvalue weighted by Gasteiger charge is 2.81. The summed E-state index contributed by atoms with van der Waals surface area (Å²) < 4.78 is 5.28. The molecule has 3 saturated carbocycles. The highest BCUT2D eigenvalue weighted by atomic mass is 16.5. The number of aliphatic hydroxyl groups is 1. The van der Waals surface area contributed by atoms with E-state index in [2.05, 4.69) is 34.5 Å². The van der Waals surface area contributed by atoms with Crippen LogP contribution in [0.5, 0.6) is 0 Å². The Morgan fingerprint density at radius 3 is 2.96 bits per heavy atom. The fourth-order valence-electron chi connectivity index (χ4n) is 8.02. The van der Waals surface area contributed by atoms with Crippen LogP contribution in [0, 0.1) is 11.3 Å². The molecule has 138 valence electrons. The number of para-hydroxylation sites is 1. The number of benzene rings is 1. The lowest BCUT2D eigenvalue weighted by atomic mass is 9.38. The first kappa shape index (κ1) is 15.5. The van der Waals surface area contributed by atoms with Crippen molar-refractivity contribution in [2.45, 2.75) is 55.2 Å². The van der Waals surface area contributed by atoms with Crippen molar-refractivity contribution < 1.29 is 14.6 Å². The van der Waals surface area contributed by atoms with Crippen LogP contribution in [0.15, 0.2) is 24.3 Å². The van der Waals surface area contributed by atoms with Gasteiger partial charge in [0, 0.05) is 22.6 Å². The van der Waals surface area contributed by atoms with E-state index in [0.717, 1.165) is 44.5 Å². The maximum atomic E-state index is 12.9. The smallest absolute Gasteiger partial charge is 0.311 e. The summed E-state index contributed by atoms with van der Waals surface area (Å²) in [6.45, 7) is 2.17. The second kappa shape index (κ2) is 4.63. The van der Waals surface area contributed by atoms with Crippen LogP contribution in [0.2, 0.25) is 0 Å². The zero-order valence-electron chi connectivity index (χ0n) is 15.2. The normalized spacial score (nSPS) is 47.7. The van der Waals surface area contributed by atoms with Gasteiger partial charge in [-0.1, -0.05) is 18.2 Å². The van der Waals surface area contributed by atoms with Crippen molar-refractivity contribution in [2.24, 2.45) is 11.3 Å². The van der Waals surface area contributed by atoms with Crippen LogP contribution in [0.25, 0.3) is 0 Å². The molecule has 5 fully saturated rings. The second-order valence-electron chi connectivity index (χ2n) is 9.14. The molecule has 6 aliphatic rings. The molecule has 0 radical (unpaired) electrons. The van der Waals surface area contributed by atoms with Crippen LogP contribution < -0.4 is 5.32 Å². The van der Waals surface area contributed by atoms with E-state index in [1.807, 2.05) is 0 Å². The van der Waals surface area contributed by atoms with E-state index in [0.29, 0.717) is 12.5 Å². The van der Waals surface area contributed by atoms with Gasteiger partial charge in [0.2, 0.25) is 0 Å². The third kappa shape index (κ3) is 1.38. The maximum absolute atomic E-state index is 12.9. The fourth-order valence-corrected chi connectivity index (χ4v) is 8.02. The van der Waals surface area contributed by atoms with Gasteiger partial charge in [-0.3, -0.25) is 9.69 Å². The van der Waals surface area contributed by atoms with Gasteiger partial charge < -0.3 is 15.2 Å². The number of esters is 1. The molecule has 0 aromatic heterocycles. The molecule has 3 aliphatic heterocycles. The number of hydrogen-bond acceptors (Lipinski definition) is 5. The maximum Gasteiger partial charge on any atom is 0.311 e. The quantitative estimate of drug-likeness (QED) is 0.755. The van der Waals surface area contributed by atoms with E-state index in [9.17, 15) is 9.90 Å². The van der Waals surface area contributed by atoms with Crippen molar-refractivity contribution in [2.75, 3.05) is 25.5 Å². The van der Waals surface area contributed by atoms with E-state index >= 15 is 0 Å². The largest absolute Gasteiger partial charge is 0.469 e. The highest BCUT2D eigenvalue weighted by molar-refractivity contribution is 5.81. The van der Waals surface area contributed by atoms with Gasteiger partial charge in [-0.25, -0.2) is 0 Å². The average Bonchev–Trinajstić information content (AvgIpc) is 3.19. The molecule has 26 heavy (non-hydrogen) atoms. The van der Waals surface area contributed by atoms with Gasteiger partial charge in [0.05, 0.1) is 24.7 Å². The Hall–Kier alpha value is -1.59. The average molecular weight is 354 g/mol. The van der Waals surface area contributed by atoms with Crippen molar-refractivity contribution in [3.8, 4) is 0 Å². The van der Waals surface area contributed by atoms with Gasteiger partial charge in [-0.05, 0) is 56.8 Å². The number of hydrogen-bond donors (Lipinski definition) is 2. The number of carbonyl (C=O) groups is 1. The molecule has 1 aromatic rings. The van der Waals surface area contributed by atoms with E-state index in [1.165, 1.54) is 12.7 Å². The molecule has 3 spiro atoms. The number of anilines is 1. The summed E-state index contributed by atoms with van der Waals surface area (Å²) in [5.74, 6) is -0.309. The molecule has 1 aromatic carbocycles. The van der Waals surface area contributed by atoms with Crippen LogP contribution in [0.4, 0.5) is 5.69 Å². The summed E-state index contributed by atoms with van der Waals surface area (Å²) in [4.78, 5) is 15.6. The van der Waals surface area contributed by atoms with Crippen molar-refractivity contribution in [1.29, 1.82) is 0 Å². The van der Waals surface area contributed by atoms with Crippen LogP contribution in [-0.2, 0) is 14.9 Å². The minimum Gasteiger partial charge on any atom is -0.469 e. The van der Waals surface area contributed by atoms with Crippen LogP contribution >= 0.6 is 0 Å². The molecular formula is C21H26N2O3. The first-order chi connectivity index (χ1) is 12.6. The number of nitrogens with one attached hydrogen (secondary N) is 1. The van der Waals surface area contributed by atoms with Crippen molar-refractivity contribution in [3.63, 3.8) is 0 Å². The zero-order valence-corrected chi connectivity index (χ0v) is 15.2. The van der Waals surface area contributed by atoms with E-state index in [1.54, 1.807) is 0 Å². The molecule has 3 heterocycles. The lowest BCUT2D eigenvalue weighted by molar-refractivity contribution is -0.204. The van der Waals surface area contributed by atoms with Gasteiger partial charge in [0.15, 0.2) is 0 Å². The predicted molar refractivity (Wildman–Crippen MR) is 96.9 cm³/mol. The Kier molecular flexibility index (Phi) is 2.75. The van der Waals surface area contributed by atoms with Gasteiger partial charge in [-0.2, -0.15) is 0 Å².